The number of nitrogen functional groups attached to an aromatic ring is 1. The molecule has 0 amide bonds. The lowest BCUT2D eigenvalue weighted by Gasteiger charge is -2.28. The van der Waals surface area contributed by atoms with E-state index in [2.05, 4.69) is 44.4 Å². The highest BCUT2D eigenvalue weighted by molar-refractivity contribution is 7.17. The Hall–Kier alpha value is -2.55. The molecular formula is C21H22N6S2. The van der Waals surface area contributed by atoms with Gasteiger partial charge in [0.1, 0.15) is 16.5 Å². The lowest BCUT2D eigenvalue weighted by molar-refractivity contribution is 0.391. The van der Waals surface area contributed by atoms with Crippen LogP contribution in [0.1, 0.15) is 16.4 Å². The summed E-state index contributed by atoms with van der Waals surface area (Å²) in [4.78, 5) is 21.1. The van der Waals surface area contributed by atoms with Gasteiger partial charge in [0, 0.05) is 28.8 Å². The third-order valence-electron chi connectivity index (χ3n) is 5.05. The van der Waals surface area contributed by atoms with E-state index < -0.39 is 0 Å². The quantitative estimate of drug-likeness (QED) is 0.536. The first-order valence-electron chi connectivity index (χ1n) is 9.56. The van der Waals surface area contributed by atoms with Crippen molar-refractivity contribution < 1.29 is 0 Å². The van der Waals surface area contributed by atoms with E-state index in [0.717, 1.165) is 47.1 Å². The Bertz CT molecular complexity index is 1160. The molecule has 1 aromatic carbocycles. The molecule has 3 aromatic heterocycles. The molecule has 0 atom stereocenters. The van der Waals surface area contributed by atoms with Crippen molar-refractivity contribution in [2.24, 2.45) is 0 Å². The van der Waals surface area contributed by atoms with Crippen LogP contribution in [0, 0.1) is 0 Å². The van der Waals surface area contributed by atoms with Crippen molar-refractivity contribution >= 4 is 43.8 Å². The number of aromatic nitrogens is 3. The molecule has 5 rings (SSSR count). The highest BCUT2D eigenvalue weighted by atomic mass is 32.1. The molecule has 8 heteroatoms. The Kier molecular flexibility index (Phi) is 4.69. The van der Waals surface area contributed by atoms with Crippen LogP contribution < -0.4 is 10.6 Å². The van der Waals surface area contributed by atoms with E-state index in [9.17, 15) is 0 Å². The Balaban J connectivity index is 1.66. The number of rotatable bonds is 4. The average Bonchev–Trinajstić information content (AvgIpc) is 3.29. The third kappa shape index (κ3) is 3.48. The minimum Gasteiger partial charge on any atom is -0.375 e. The van der Waals surface area contributed by atoms with Gasteiger partial charge in [0.2, 0.25) is 0 Å². The molecule has 0 unspecified atom stereocenters. The van der Waals surface area contributed by atoms with Gasteiger partial charge >= 0.3 is 0 Å². The van der Waals surface area contributed by atoms with Crippen LogP contribution in [0.5, 0.6) is 0 Å². The normalized spacial score (nSPS) is 14.0. The highest BCUT2D eigenvalue weighted by Gasteiger charge is 2.25. The fourth-order valence-electron chi connectivity index (χ4n) is 3.78. The molecule has 1 aliphatic rings. The van der Waals surface area contributed by atoms with E-state index in [0.29, 0.717) is 11.7 Å². The molecule has 6 nitrogen and oxygen atoms in total. The van der Waals surface area contributed by atoms with Gasteiger partial charge in [-0.1, -0.05) is 30.3 Å². The van der Waals surface area contributed by atoms with E-state index >= 15 is 0 Å². The summed E-state index contributed by atoms with van der Waals surface area (Å²) in [5, 5.41) is 4.00. The van der Waals surface area contributed by atoms with Crippen LogP contribution in [0.4, 0.5) is 10.9 Å². The van der Waals surface area contributed by atoms with Gasteiger partial charge in [-0.2, -0.15) is 0 Å². The zero-order valence-corrected chi connectivity index (χ0v) is 18.1. The lowest BCUT2D eigenvalue weighted by Crippen LogP contribution is -2.31. The summed E-state index contributed by atoms with van der Waals surface area (Å²) in [5.41, 5.74) is 9.49. The van der Waals surface area contributed by atoms with Crippen LogP contribution in [0.25, 0.3) is 21.3 Å². The lowest BCUT2D eigenvalue weighted by atomic mass is 10.1. The van der Waals surface area contributed by atoms with Crippen molar-refractivity contribution in [2.75, 3.05) is 31.3 Å². The Morgan fingerprint density at radius 1 is 1.14 bits per heavy atom. The first-order chi connectivity index (χ1) is 14.1. The first-order valence-corrected chi connectivity index (χ1v) is 11.3. The van der Waals surface area contributed by atoms with Crippen LogP contribution in [0.15, 0.2) is 35.7 Å². The maximum Gasteiger partial charge on any atom is 0.180 e. The Labute approximate surface area is 177 Å². The summed E-state index contributed by atoms with van der Waals surface area (Å²) in [6, 6.07) is 10.5. The number of fused-ring (bicyclic) bond motifs is 2. The highest BCUT2D eigenvalue weighted by Crippen LogP contribution is 2.40. The molecule has 0 saturated carbocycles. The van der Waals surface area contributed by atoms with Crippen molar-refractivity contribution in [3.63, 3.8) is 0 Å². The second-order valence-electron chi connectivity index (χ2n) is 7.49. The van der Waals surface area contributed by atoms with Gasteiger partial charge in [-0.05, 0) is 19.7 Å². The second-order valence-corrected chi connectivity index (χ2v) is 9.46. The summed E-state index contributed by atoms with van der Waals surface area (Å²) in [5.74, 6) is 1.87. The topological polar surface area (TPSA) is 71.2 Å². The van der Waals surface area contributed by atoms with Crippen molar-refractivity contribution in [1.29, 1.82) is 0 Å². The molecule has 0 bridgehead atoms. The predicted octanol–water partition coefficient (Wildman–Crippen LogP) is 4.02. The van der Waals surface area contributed by atoms with E-state index in [4.69, 9.17) is 15.7 Å². The number of anilines is 2. The van der Waals surface area contributed by atoms with Crippen LogP contribution >= 0.6 is 22.7 Å². The van der Waals surface area contributed by atoms with Crippen LogP contribution in [0.2, 0.25) is 0 Å². The fourth-order valence-corrected chi connectivity index (χ4v) is 5.63. The molecule has 29 heavy (non-hydrogen) atoms. The van der Waals surface area contributed by atoms with Gasteiger partial charge < -0.3 is 15.5 Å². The van der Waals surface area contributed by atoms with Crippen molar-refractivity contribution in [3.8, 4) is 11.1 Å². The molecule has 2 N–H and O–H groups in total. The van der Waals surface area contributed by atoms with E-state index in [1.165, 1.54) is 16.0 Å². The van der Waals surface area contributed by atoms with Crippen LogP contribution in [-0.2, 0) is 19.5 Å². The standard InChI is InChI=1S/C21H22N6S2/c1-26(2)11-17-24-19(27-9-8-15-16(10-27)29-21(22)23-15)18-14(12-28-20(18)25-17)13-6-4-3-5-7-13/h3-7,12H,8-11H2,1-2H3,(H2,22,23). The molecule has 4 aromatic rings. The van der Waals surface area contributed by atoms with E-state index in [1.807, 2.05) is 20.2 Å². The molecule has 0 saturated heterocycles. The zero-order valence-electron chi connectivity index (χ0n) is 16.4. The van der Waals surface area contributed by atoms with Crippen LogP contribution in [0.3, 0.4) is 0 Å². The number of hydrogen-bond donors (Lipinski definition) is 1. The summed E-state index contributed by atoms with van der Waals surface area (Å²) in [7, 11) is 4.09. The molecule has 0 aliphatic carbocycles. The van der Waals surface area contributed by atoms with E-state index in [-0.39, 0.29) is 0 Å². The van der Waals surface area contributed by atoms with Gasteiger partial charge in [0.05, 0.1) is 24.2 Å². The number of nitrogens with zero attached hydrogens (tertiary/aromatic N) is 5. The Morgan fingerprint density at radius 2 is 1.97 bits per heavy atom. The second kappa shape index (κ2) is 7.37. The molecule has 1 aliphatic heterocycles. The molecule has 4 heterocycles. The maximum absolute atomic E-state index is 5.95. The van der Waals surface area contributed by atoms with Gasteiger partial charge in [-0.25, -0.2) is 15.0 Å². The van der Waals surface area contributed by atoms with E-state index in [1.54, 1.807) is 22.7 Å². The average molecular weight is 423 g/mol. The van der Waals surface area contributed by atoms with Crippen LogP contribution in [-0.4, -0.2) is 40.5 Å². The van der Waals surface area contributed by atoms with Crippen molar-refractivity contribution in [1.82, 2.24) is 19.9 Å². The smallest absolute Gasteiger partial charge is 0.180 e. The molecule has 0 fully saturated rings. The fraction of sp³-hybridized carbons (Fsp3) is 0.286. The van der Waals surface area contributed by atoms with Gasteiger partial charge in [0.15, 0.2) is 5.13 Å². The minimum absolute atomic E-state index is 0.651. The summed E-state index contributed by atoms with van der Waals surface area (Å²) in [6.07, 6.45) is 0.891. The van der Waals surface area contributed by atoms with Crippen molar-refractivity contribution in [3.05, 3.63) is 52.1 Å². The number of thiophene rings is 1. The largest absolute Gasteiger partial charge is 0.375 e. The SMILES string of the molecule is CN(C)Cc1nc(N2CCc3nc(N)sc3C2)c2c(-c3ccccc3)csc2n1. The number of thiazole rings is 1. The monoisotopic (exact) mass is 422 g/mol. The molecular weight excluding hydrogens is 400 g/mol. The van der Waals surface area contributed by atoms with Gasteiger partial charge in [-0.3, -0.25) is 0 Å². The number of benzene rings is 1. The predicted molar refractivity (Wildman–Crippen MR) is 122 cm³/mol. The third-order valence-corrected chi connectivity index (χ3v) is 6.83. The maximum atomic E-state index is 5.95. The summed E-state index contributed by atoms with van der Waals surface area (Å²) < 4.78 is 0. The molecule has 148 valence electrons. The van der Waals surface area contributed by atoms with Crippen molar-refractivity contribution in [2.45, 2.75) is 19.5 Å². The molecule has 0 radical (unpaired) electrons. The summed E-state index contributed by atoms with van der Waals surface area (Å²) >= 11 is 3.28. The van der Waals surface area contributed by atoms with Gasteiger partial charge in [0.25, 0.3) is 0 Å². The zero-order chi connectivity index (χ0) is 20.0. The van der Waals surface area contributed by atoms with Gasteiger partial charge in [-0.15, -0.1) is 22.7 Å². The summed E-state index contributed by atoms with van der Waals surface area (Å²) in [6.45, 7) is 2.39. The molecule has 0 spiro atoms. The minimum atomic E-state index is 0.651. The Morgan fingerprint density at radius 3 is 2.76 bits per heavy atom. The number of nitrogens with two attached hydrogens (primary N) is 1. The number of hydrogen-bond acceptors (Lipinski definition) is 8. The first kappa shape index (κ1) is 18.5.